The van der Waals surface area contributed by atoms with Crippen LogP contribution in [-0.2, 0) is 9.84 Å². The van der Waals surface area contributed by atoms with E-state index in [1.807, 2.05) is 48.8 Å². The molecule has 0 amide bonds. The molecule has 0 saturated heterocycles. The first kappa shape index (κ1) is 17.6. The quantitative estimate of drug-likeness (QED) is 0.555. The van der Waals surface area contributed by atoms with E-state index in [9.17, 15) is 8.42 Å². The Hall–Kier alpha value is -3.44. The minimum atomic E-state index is -3.24. The van der Waals surface area contributed by atoms with Crippen molar-refractivity contribution in [3.8, 4) is 0 Å². The van der Waals surface area contributed by atoms with Crippen LogP contribution >= 0.6 is 0 Å². The number of hydrogen-bond donors (Lipinski definition) is 2. The molecule has 142 valence electrons. The highest BCUT2D eigenvalue weighted by Crippen LogP contribution is 2.37. The Kier molecular flexibility index (Phi) is 4.00. The second-order valence-electron chi connectivity index (χ2n) is 7.17. The van der Waals surface area contributed by atoms with Gasteiger partial charge in [0.05, 0.1) is 16.0 Å². The van der Waals surface area contributed by atoms with E-state index in [0.717, 1.165) is 44.4 Å². The Labute approximate surface area is 169 Å². The summed E-state index contributed by atoms with van der Waals surface area (Å²) < 4.78 is 23.8. The summed E-state index contributed by atoms with van der Waals surface area (Å²) >= 11 is 0. The monoisotopic (exact) mass is 399 g/mol. The smallest absolute Gasteiger partial charge is 0.211 e. The number of hydrogen-bond acceptors (Lipinski definition) is 2. The van der Waals surface area contributed by atoms with E-state index >= 15 is 0 Å². The fourth-order valence-electron chi connectivity index (χ4n) is 3.88. The minimum Gasteiger partial charge on any atom is -0.361 e. The number of rotatable bonds is 3. The molecule has 5 rings (SSSR count). The van der Waals surface area contributed by atoms with Gasteiger partial charge >= 0.3 is 0 Å². The fourth-order valence-corrected chi connectivity index (χ4v) is 4.51. The van der Waals surface area contributed by atoms with E-state index in [4.69, 9.17) is 0 Å². The van der Waals surface area contributed by atoms with Crippen molar-refractivity contribution in [3.05, 3.63) is 95.7 Å². The number of para-hydroxylation sites is 2. The summed E-state index contributed by atoms with van der Waals surface area (Å²) in [6.45, 7) is 0. The Morgan fingerprint density at radius 3 is 2.41 bits per heavy atom. The number of aromatic amines is 1. The molecule has 4 aromatic rings. The number of H-pyrrole nitrogens is 1. The molecule has 0 radical (unpaired) electrons. The number of aromatic nitrogens is 1. The topological polar surface area (TPSA) is 63.9 Å². The number of sulfone groups is 1. The van der Waals surface area contributed by atoms with Crippen molar-refractivity contribution in [2.45, 2.75) is 4.90 Å². The molecule has 0 bridgehead atoms. The molecule has 0 spiro atoms. The number of allylic oxidation sites excluding steroid dienone is 1. The highest BCUT2D eigenvalue weighted by atomic mass is 32.2. The summed E-state index contributed by atoms with van der Waals surface area (Å²) in [5.41, 5.74) is 7.43. The predicted octanol–water partition coefficient (Wildman–Crippen LogP) is 3.33. The number of nitrogens with one attached hydrogen (secondary N) is 2. The van der Waals surface area contributed by atoms with Gasteiger partial charge < -0.3 is 4.98 Å². The first-order chi connectivity index (χ1) is 14.0. The Morgan fingerprint density at radius 1 is 0.897 bits per heavy atom. The molecule has 5 heteroatoms. The van der Waals surface area contributed by atoms with Gasteiger partial charge in [-0.1, -0.05) is 42.5 Å². The van der Waals surface area contributed by atoms with Crippen LogP contribution in [0.25, 0.3) is 22.0 Å². The van der Waals surface area contributed by atoms with Gasteiger partial charge in [-0.2, -0.15) is 0 Å². The molecule has 1 aliphatic rings. The van der Waals surface area contributed by atoms with Crippen LogP contribution in [0.4, 0.5) is 5.69 Å². The van der Waals surface area contributed by atoms with E-state index in [2.05, 4.69) is 34.2 Å². The van der Waals surface area contributed by atoms with E-state index in [-0.39, 0.29) is 0 Å². The molecule has 1 aromatic heterocycles. The van der Waals surface area contributed by atoms with Crippen LogP contribution in [0.15, 0.2) is 83.9 Å². The van der Waals surface area contributed by atoms with Crippen LogP contribution in [0.5, 0.6) is 0 Å². The summed E-state index contributed by atoms with van der Waals surface area (Å²) in [5.74, 6) is 0. The maximum atomic E-state index is 11.9. The van der Waals surface area contributed by atoms with Crippen molar-refractivity contribution in [2.75, 3.05) is 6.26 Å². The number of benzene rings is 3. The highest BCUT2D eigenvalue weighted by Gasteiger charge is 2.25. The van der Waals surface area contributed by atoms with E-state index in [1.54, 1.807) is 12.1 Å². The Balaban J connectivity index is 1.80. The maximum absolute atomic E-state index is 11.9. The van der Waals surface area contributed by atoms with Crippen LogP contribution in [0, 0.1) is 0 Å². The van der Waals surface area contributed by atoms with Gasteiger partial charge in [0.2, 0.25) is 5.69 Å². The van der Waals surface area contributed by atoms with Crippen LogP contribution in [0.3, 0.4) is 0 Å². The van der Waals surface area contributed by atoms with Crippen molar-refractivity contribution in [1.29, 1.82) is 0 Å². The van der Waals surface area contributed by atoms with Gasteiger partial charge in [-0.05, 0) is 29.8 Å². The molecule has 0 fully saturated rings. The second kappa shape index (κ2) is 6.57. The molecule has 2 heterocycles. The normalized spacial score (nSPS) is 14.9. The van der Waals surface area contributed by atoms with Gasteiger partial charge in [0, 0.05) is 40.6 Å². The summed E-state index contributed by atoms with van der Waals surface area (Å²) in [6.07, 6.45) is 5.27. The Bertz CT molecular complexity index is 1410. The van der Waals surface area contributed by atoms with Crippen molar-refractivity contribution in [2.24, 2.45) is 0 Å². The highest BCUT2D eigenvalue weighted by molar-refractivity contribution is 7.90. The predicted molar refractivity (Wildman–Crippen MR) is 117 cm³/mol. The van der Waals surface area contributed by atoms with E-state index in [0.29, 0.717) is 4.90 Å². The van der Waals surface area contributed by atoms with Gasteiger partial charge in [0.25, 0.3) is 0 Å². The van der Waals surface area contributed by atoms with Crippen molar-refractivity contribution in [3.63, 3.8) is 0 Å². The zero-order valence-corrected chi connectivity index (χ0v) is 16.6. The average Bonchev–Trinajstić information content (AvgIpc) is 3.34. The third-order valence-corrected chi connectivity index (χ3v) is 6.42. The van der Waals surface area contributed by atoms with Crippen molar-refractivity contribution in [1.82, 2.24) is 4.98 Å². The summed E-state index contributed by atoms with van der Waals surface area (Å²) in [6, 6.07) is 23.5. The Morgan fingerprint density at radius 2 is 1.62 bits per heavy atom. The molecule has 0 atom stereocenters. The lowest BCUT2D eigenvalue weighted by atomic mass is 9.90. The van der Waals surface area contributed by atoms with Crippen LogP contribution < -0.4 is 4.99 Å². The lowest BCUT2D eigenvalue weighted by Gasteiger charge is -2.11. The average molecular weight is 399 g/mol. The second-order valence-corrected chi connectivity index (χ2v) is 9.18. The molecule has 0 unspecified atom stereocenters. The summed E-state index contributed by atoms with van der Waals surface area (Å²) in [4.78, 5) is 7.03. The molecule has 0 saturated carbocycles. The SMILES string of the molecule is CS(=O)(=O)c1ccc(/C(=C2/C=[NH+]c3ccccc32)c2c[nH]c3ccccc23)cc1. The summed E-state index contributed by atoms with van der Waals surface area (Å²) in [5, 5.41) is 1.12. The molecule has 3 aromatic carbocycles. The molecular formula is C24H19N2O2S+. The van der Waals surface area contributed by atoms with Crippen molar-refractivity contribution >= 4 is 43.8 Å². The van der Waals surface area contributed by atoms with Crippen LogP contribution in [0.1, 0.15) is 16.7 Å². The van der Waals surface area contributed by atoms with Crippen LogP contribution in [0.2, 0.25) is 0 Å². The van der Waals surface area contributed by atoms with E-state index < -0.39 is 9.84 Å². The molecule has 4 nitrogen and oxygen atoms in total. The number of fused-ring (bicyclic) bond motifs is 2. The van der Waals surface area contributed by atoms with Crippen molar-refractivity contribution < 1.29 is 13.4 Å². The first-order valence-electron chi connectivity index (χ1n) is 9.33. The zero-order chi connectivity index (χ0) is 20.0. The third kappa shape index (κ3) is 3.00. The lowest BCUT2D eigenvalue weighted by Crippen LogP contribution is -2.58. The van der Waals surface area contributed by atoms with Gasteiger partial charge in [-0.15, -0.1) is 0 Å². The maximum Gasteiger partial charge on any atom is 0.211 e. The lowest BCUT2D eigenvalue weighted by molar-refractivity contribution is -0.342. The zero-order valence-electron chi connectivity index (χ0n) is 15.8. The standard InChI is InChI=1S/C24H18N2O2S/c1-29(27,28)17-12-10-16(11-13-17)24(20-14-25-22-8-4-2-6-18(20)22)21-15-26-23-9-5-3-7-19(21)23/h2-15,25H,1H3/p+1/b24-21+. The third-order valence-electron chi connectivity index (χ3n) is 5.29. The van der Waals surface area contributed by atoms with E-state index in [1.165, 1.54) is 6.26 Å². The molecule has 1 aliphatic heterocycles. The van der Waals surface area contributed by atoms with Gasteiger partial charge in [0.15, 0.2) is 16.1 Å². The first-order valence-corrected chi connectivity index (χ1v) is 11.2. The molecular weight excluding hydrogens is 380 g/mol. The molecule has 0 aliphatic carbocycles. The summed E-state index contributed by atoms with van der Waals surface area (Å²) in [7, 11) is -3.24. The van der Waals surface area contributed by atoms with Crippen LogP contribution in [-0.4, -0.2) is 25.9 Å². The molecule has 2 N–H and O–H groups in total. The largest absolute Gasteiger partial charge is 0.361 e. The van der Waals surface area contributed by atoms with Gasteiger partial charge in [-0.3, -0.25) is 0 Å². The fraction of sp³-hybridized carbons (Fsp3) is 0.0417. The van der Waals surface area contributed by atoms with Gasteiger partial charge in [0.1, 0.15) is 0 Å². The van der Waals surface area contributed by atoms with Gasteiger partial charge in [-0.25, -0.2) is 13.4 Å². The molecule has 29 heavy (non-hydrogen) atoms. The minimum absolute atomic E-state index is 0.318.